The van der Waals surface area contributed by atoms with Crippen molar-refractivity contribution in [2.75, 3.05) is 58.9 Å². The van der Waals surface area contributed by atoms with Crippen LogP contribution in [0, 0.1) is 0 Å². The Kier molecular flexibility index (Phi) is 9.78. The number of aromatic nitrogens is 7. The lowest BCUT2D eigenvalue weighted by atomic mass is 9.93. The summed E-state index contributed by atoms with van der Waals surface area (Å²) >= 11 is 7.19. The van der Waals surface area contributed by atoms with Crippen LogP contribution in [0.5, 0.6) is 0 Å². The number of hydrogen-bond donors (Lipinski definition) is 1. The smallest absolute Gasteiger partial charge is 0.350 e. The number of anilines is 4. The average Bonchev–Trinajstić information content (AvgIpc) is 3.96. The quantitative estimate of drug-likeness (QED) is 0.193. The highest BCUT2D eigenvalue weighted by atomic mass is 35.5. The number of pyridine rings is 2. The van der Waals surface area contributed by atoms with E-state index in [0.29, 0.717) is 59.4 Å². The SMILES string of the molecule is Cn1ncn(-c2ccc(-c3ccnc(N4CCN(c5cccnc5)C4=O)c3Cl)c(-c3ccc(N4CCN(c5ccc6c(C7CCC(=O)NC7=O)nn(C)c6c5)CC4)cc3)c2)c1=O. The van der Waals surface area contributed by atoms with Crippen LogP contribution in [-0.2, 0) is 23.7 Å². The molecule has 3 aliphatic heterocycles. The van der Waals surface area contributed by atoms with Gasteiger partial charge in [0.25, 0.3) is 0 Å². The molecule has 7 heterocycles. The van der Waals surface area contributed by atoms with E-state index >= 15 is 0 Å². The third-order valence-electron chi connectivity index (χ3n) is 12.1. The second-order valence-corrected chi connectivity index (χ2v) is 16.0. The average molecular weight is 849 g/mol. The number of piperidine rings is 1. The summed E-state index contributed by atoms with van der Waals surface area (Å²) in [6.07, 6.45) is 7.26. The molecule has 7 aromatic rings. The molecule has 1 N–H and O–H groups in total. The normalized spacial score (nSPS) is 17.1. The second kappa shape index (κ2) is 15.6. The number of halogens is 1. The largest absolute Gasteiger partial charge is 0.368 e. The number of nitrogens with one attached hydrogen (secondary N) is 1. The number of nitrogens with zero attached hydrogens (tertiary/aromatic N) is 11. The van der Waals surface area contributed by atoms with Gasteiger partial charge in [0.1, 0.15) is 6.33 Å². The molecular weight excluding hydrogens is 808 g/mol. The molecule has 0 aliphatic carbocycles. The van der Waals surface area contributed by atoms with Gasteiger partial charge in [-0.05, 0) is 83.8 Å². The Balaban J connectivity index is 0.907. The Bertz CT molecular complexity index is 2960. The highest BCUT2D eigenvalue weighted by molar-refractivity contribution is 6.36. The van der Waals surface area contributed by atoms with Gasteiger partial charge in [-0.2, -0.15) is 10.2 Å². The Hall–Kier alpha value is -7.33. The van der Waals surface area contributed by atoms with Gasteiger partial charge in [-0.1, -0.05) is 29.8 Å². The molecule has 3 aromatic carbocycles. The van der Waals surface area contributed by atoms with E-state index in [1.165, 1.54) is 15.6 Å². The first-order valence-electron chi connectivity index (χ1n) is 20.4. The van der Waals surface area contributed by atoms with Crippen molar-refractivity contribution in [1.29, 1.82) is 0 Å². The van der Waals surface area contributed by atoms with Crippen molar-refractivity contribution < 1.29 is 14.4 Å². The van der Waals surface area contributed by atoms with Crippen LogP contribution in [0.3, 0.4) is 0 Å². The van der Waals surface area contributed by atoms with Crippen molar-refractivity contribution in [3.8, 4) is 27.9 Å². The second-order valence-electron chi connectivity index (χ2n) is 15.7. The molecule has 16 nitrogen and oxygen atoms in total. The Morgan fingerprint density at radius 1 is 0.710 bits per heavy atom. The molecule has 1 unspecified atom stereocenters. The number of aryl methyl sites for hydroxylation is 2. The van der Waals surface area contributed by atoms with Crippen LogP contribution in [0.4, 0.5) is 27.7 Å². The van der Waals surface area contributed by atoms with Crippen LogP contribution in [0.1, 0.15) is 24.5 Å². The first-order chi connectivity index (χ1) is 30.1. The third-order valence-corrected chi connectivity index (χ3v) is 12.5. The molecule has 0 saturated carbocycles. The van der Waals surface area contributed by atoms with Gasteiger partial charge in [-0.25, -0.2) is 23.8 Å². The zero-order valence-electron chi connectivity index (χ0n) is 34.0. The molecule has 17 heteroatoms. The Morgan fingerprint density at radius 3 is 2.18 bits per heavy atom. The summed E-state index contributed by atoms with van der Waals surface area (Å²) in [6.45, 7) is 4.08. The number of rotatable bonds is 8. The molecule has 0 spiro atoms. The van der Waals surface area contributed by atoms with E-state index < -0.39 is 5.92 Å². The zero-order valence-corrected chi connectivity index (χ0v) is 34.7. The van der Waals surface area contributed by atoms with Crippen LogP contribution in [0.15, 0.2) is 109 Å². The highest BCUT2D eigenvalue weighted by Gasteiger charge is 2.34. The first-order valence-corrected chi connectivity index (χ1v) is 20.8. The summed E-state index contributed by atoms with van der Waals surface area (Å²) in [6, 6.07) is 25.7. The fourth-order valence-electron chi connectivity index (χ4n) is 8.79. The van der Waals surface area contributed by atoms with Crippen LogP contribution in [0.2, 0.25) is 5.02 Å². The highest BCUT2D eigenvalue weighted by Crippen LogP contribution is 2.42. The zero-order chi connectivity index (χ0) is 42.6. The summed E-state index contributed by atoms with van der Waals surface area (Å²) in [5.74, 6) is -0.608. The molecule has 62 heavy (non-hydrogen) atoms. The predicted molar refractivity (Wildman–Crippen MR) is 237 cm³/mol. The minimum absolute atomic E-state index is 0.234. The van der Waals surface area contributed by atoms with E-state index in [0.717, 1.165) is 65.1 Å². The number of benzene rings is 3. The van der Waals surface area contributed by atoms with Gasteiger partial charge < -0.3 is 9.80 Å². The van der Waals surface area contributed by atoms with E-state index in [2.05, 4.69) is 66.6 Å². The van der Waals surface area contributed by atoms with Crippen molar-refractivity contribution >= 4 is 63.2 Å². The summed E-state index contributed by atoms with van der Waals surface area (Å²) in [5, 5.41) is 12.6. The van der Waals surface area contributed by atoms with E-state index in [-0.39, 0.29) is 23.5 Å². The first kappa shape index (κ1) is 38.8. The molecule has 4 aromatic heterocycles. The lowest BCUT2D eigenvalue weighted by Gasteiger charge is -2.37. The minimum Gasteiger partial charge on any atom is -0.368 e. The summed E-state index contributed by atoms with van der Waals surface area (Å²) in [5.41, 5.74) is 8.15. The maximum atomic E-state index is 13.7. The van der Waals surface area contributed by atoms with Gasteiger partial charge in [-0.3, -0.25) is 34.4 Å². The van der Waals surface area contributed by atoms with Gasteiger partial charge in [0.05, 0.1) is 39.7 Å². The van der Waals surface area contributed by atoms with Crippen LogP contribution in [0.25, 0.3) is 38.8 Å². The summed E-state index contributed by atoms with van der Waals surface area (Å²) < 4.78 is 4.60. The Labute approximate surface area is 360 Å². The molecule has 312 valence electrons. The maximum Gasteiger partial charge on any atom is 0.350 e. The van der Waals surface area contributed by atoms with Crippen LogP contribution in [-0.4, -0.2) is 91.2 Å². The lowest BCUT2D eigenvalue weighted by Crippen LogP contribution is -2.46. The number of fused-ring (bicyclic) bond motifs is 1. The van der Waals surface area contributed by atoms with E-state index in [1.807, 2.05) is 48.1 Å². The lowest BCUT2D eigenvalue weighted by molar-refractivity contribution is -0.134. The number of piperazine rings is 1. The van der Waals surface area contributed by atoms with Gasteiger partial charge in [0, 0.05) is 94.5 Å². The number of carbonyl (C=O) groups excluding carboxylic acids is 3. The Morgan fingerprint density at radius 2 is 1.45 bits per heavy atom. The number of hydrogen-bond acceptors (Lipinski definition) is 10. The molecule has 10 rings (SSSR count). The molecule has 0 radical (unpaired) electrons. The van der Waals surface area contributed by atoms with Crippen molar-refractivity contribution in [2.24, 2.45) is 14.1 Å². The fraction of sp³-hybridized carbons (Fsp3) is 0.244. The molecule has 4 amide bonds. The predicted octanol–water partition coefficient (Wildman–Crippen LogP) is 5.53. The minimum atomic E-state index is -0.447. The van der Waals surface area contributed by atoms with Crippen LogP contribution >= 0.6 is 11.6 Å². The number of amides is 4. The van der Waals surface area contributed by atoms with Crippen molar-refractivity contribution in [2.45, 2.75) is 18.8 Å². The molecular formula is C45H41ClN12O4. The summed E-state index contributed by atoms with van der Waals surface area (Å²) in [7, 11) is 3.50. The molecule has 1 atom stereocenters. The van der Waals surface area contributed by atoms with E-state index in [1.54, 1.807) is 41.5 Å². The van der Waals surface area contributed by atoms with Gasteiger partial charge >= 0.3 is 11.7 Å². The monoisotopic (exact) mass is 848 g/mol. The molecule has 3 aliphatic rings. The van der Waals surface area contributed by atoms with Gasteiger partial charge in [-0.15, -0.1) is 0 Å². The molecule has 0 bridgehead atoms. The standard InChI is InChI=1S/C45H41ClN12O4/c1-52-38-25-30(9-12-35(38)41(51-52)36-13-14-39(59)50-43(36)60)55-20-18-54(19-21-55)29-7-5-28(6-8-29)37-24-31(58-27-49-53(2)44(58)61)10-11-33(37)34-15-17-48-42(40(34)46)57-23-22-56(45(57)62)32-4-3-16-47-26-32/h3-12,15-17,24-27,36H,13-14,18-23H2,1-2H3,(H,50,59,60). The van der Waals surface area contributed by atoms with Crippen molar-refractivity contribution in [1.82, 2.24) is 39.4 Å². The molecule has 3 saturated heterocycles. The van der Waals surface area contributed by atoms with E-state index in [9.17, 15) is 19.2 Å². The summed E-state index contributed by atoms with van der Waals surface area (Å²) in [4.78, 5) is 67.8. The topological polar surface area (TPSA) is 160 Å². The van der Waals surface area contributed by atoms with Crippen LogP contribution < -0.4 is 30.6 Å². The van der Waals surface area contributed by atoms with Crippen molar-refractivity contribution in [3.63, 3.8) is 0 Å². The number of imide groups is 1. The van der Waals surface area contributed by atoms with Gasteiger partial charge in [0.15, 0.2) is 5.82 Å². The van der Waals surface area contributed by atoms with Gasteiger partial charge in [0.2, 0.25) is 11.8 Å². The number of carbonyl (C=O) groups is 3. The van der Waals surface area contributed by atoms with Crippen molar-refractivity contribution in [3.05, 3.63) is 125 Å². The van der Waals surface area contributed by atoms with E-state index in [4.69, 9.17) is 16.7 Å². The fourth-order valence-corrected chi connectivity index (χ4v) is 9.10. The molecule has 3 fully saturated rings. The number of urea groups is 1. The third kappa shape index (κ3) is 6.81. The maximum absolute atomic E-state index is 13.7.